The summed E-state index contributed by atoms with van der Waals surface area (Å²) in [6.07, 6.45) is 0. The number of carbonyl (C=O) groups excluding carboxylic acids is 1. The molecular formula is C18H20ClNO3S. The van der Waals surface area contributed by atoms with Gasteiger partial charge in [0.15, 0.2) is 9.84 Å². The second-order valence-electron chi connectivity index (χ2n) is 5.80. The van der Waals surface area contributed by atoms with Crippen molar-refractivity contribution in [2.24, 2.45) is 0 Å². The van der Waals surface area contributed by atoms with Gasteiger partial charge in [0.05, 0.1) is 5.75 Å². The van der Waals surface area contributed by atoms with Crippen molar-refractivity contribution in [1.29, 1.82) is 0 Å². The smallest absolute Gasteiger partial charge is 0.237 e. The molecule has 0 bridgehead atoms. The van der Waals surface area contributed by atoms with Gasteiger partial charge in [-0.2, -0.15) is 0 Å². The molecular weight excluding hydrogens is 346 g/mol. The van der Waals surface area contributed by atoms with Crippen LogP contribution in [0.1, 0.15) is 16.7 Å². The Bertz CT molecular complexity index is 834. The first-order chi connectivity index (χ1) is 11.3. The van der Waals surface area contributed by atoms with E-state index in [4.69, 9.17) is 11.6 Å². The second kappa shape index (κ2) is 7.81. The van der Waals surface area contributed by atoms with Gasteiger partial charge in [-0.25, -0.2) is 8.42 Å². The van der Waals surface area contributed by atoms with E-state index in [1.54, 1.807) is 31.3 Å². The molecule has 2 aromatic carbocycles. The molecule has 0 fully saturated rings. The van der Waals surface area contributed by atoms with Crippen LogP contribution in [0.25, 0.3) is 0 Å². The first kappa shape index (κ1) is 18.5. The summed E-state index contributed by atoms with van der Waals surface area (Å²) in [7, 11) is -1.97. The zero-order chi connectivity index (χ0) is 17.7. The molecule has 128 valence electrons. The summed E-state index contributed by atoms with van der Waals surface area (Å²) in [5.41, 5.74) is 2.57. The van der Waals surface area contributed by atoms with Crippen molar-refractivity contribution in [3.05, 3.63) is 70.2 Å². The number of amides is 1. The van der Waals surface area contributed by atoms with Gasteiger partial charge in [0.25, 0.3) is 0 Å². The maximum atomic E-state index is 12.3. The standard InChI is InChI=1S/C18H20ClNO3S/c1-14-7-3-4-8-15(14)11-20(2)18(21)13-24(22,23)12-16-9-5-6-10-17(16)19/h3-10H,11-13H2,1-2H3. The van der Waals surface area contributed by atoms with Crippen molar-refractivity contribution in [2.45, 2.75) is 19.2 Å². The lowest BCUT2D eigenvalue weighted by atomic mass is 10.1. The third-order valence-electron chi connectivity index (χ3n) is 3.77. The molecule has 24 heavy (non-hydrogen) atoms. The van der Waals surface area contributed by atoms with Crippen molar-refractivity contribution in [3.8, 4) is 0 Å². The first-order valence-electron chi connectivity index (χ1n) is 7.51. The lowest BCUT2D eigenvalue weighted by Crippen LogP contribution is -2.32. The van der Waals surface area contributed by atoms with Gasteiger partial charge in [-0.1, -0.05) is 54.1 Å². The quantitative estimate of drug-likeness (QED) is 0.789. The molecule has 2 aromatic rings. The minimum absolute atomic E-state index is 0.239. The molecule has 0 saturated heterocycles. The molecule has 0 aromatic heterocycles. The minimum Gasteiger partial charge on any atom is -0.341 e. The van der Waals surface area contributed by atoms with E-state index >= 15 is 0 Å². The van der Waals surface area contributed by atoms with Crippen LogP contribution in [0, 0.1) is 6.92 Å². The predicted octanol–water partition coefficient (Wildman–Crippen LogP) is 3.22. The molecule has 0 unspecified atom stereocenters. The van der Waals surface area contributed by atoms with Crippen molar-refractivity contribution < 1.29 is 13.2 Å². The van der Waals surface area contributed by atoms with Crippen molar-refractivity contribution in [2.75, 3.05) is 12.8 Å². The van der Waals surface area contributed by atoms with Gasteiger partial charge < -0.3 is 4.90 Å². The first-order valence-corrected chi connectivity index (χ1v) is 9.71. The van der Waals surface area contributed by atoms with Crippen molar-refractivity contribution in [1.82, 2.24) is 4.90 Å². The average Bonchev–Trinajstić information content (AvgIpc) is 2.51. The number of carbonyl (C=O) groups is 1. The summed E-state index contributed by atoms with van der Waals surface area (Å²) >= 11 is 5.99. The molecule has 0 heterocycles. The van der Waals surface area contributed by atoms with Gasteiger partial charge in [0.1, 0.15) is 5.75 Å². The molecule has 6 heteroatoms. The lowest BCUT2D eigenvalue weighted by Gasteiger charge is -2.18. The predicted molar refractivity (Wildman–Crippen MR) is 96.6 cm³/mol. The van der Waals surface area contributed by atoms with Crippen LogP contribution >= 0.6 is 11.6 Å². The molecule has 0 aliphatic carbocycles. The Balaban J connectivity index is 2.02. The summed E-state index contributed by atoms with van der Waals surface area (Å²) in [5.74, 6) is -1.19. The summed E-state index contributed by atoms with van der Waals surface area (Å²) in [6.45, 7) is 2.34. The van der Waals surface area contributed by atoms with Gasteiger partial charge in [0.2, 0.25) is 5.91 Å². The van der Waals surface area contributed by atoms with Crippen LogP contribution in [0.5, 0.6) is 0 Å². The van der Waals surface area contributed by atoms with E-state index in [9.17, 15) is 13.2 Å². The fourth-order valence-corrected chi connectivity index (χ4v) is 4.04. The highest BCUT2D eigenvalue weighted by molar-refractivity contribution is 7.91. The molecule has 0 aliphatic heterocycles. The Labute approximate surface area is 148 Å². The number of benzene rings is 2. The van der Waals surface area contributed by atoms with E-state index in [1.807, 2.05) is 31.2 Å². The largest absolute Gasteiger partial charge is 0.341 e. The van der Waals surface area contributed by atoms with Crippen LogP contribution in [0.15, 0.2) is 48.5 Å². The molecule has 2 rings (SSSR count). The maximum absolute atomic E-state index is 12.3. The number of aryl methyl sites for hydroxylation is 1. The van der Waals surface area contributed by atoms with E-state index in [2.05, 4.69) is 0 Å². The molecule has 0 spiro atoms. The highest BCUT2D eigenvalue weighted by Crippen LogP contribution is 2.18. The normalized spacial score (nSPS) is 11.3. The number of rotatable bonds is 6. The summed E-state index contributed by atoms with van der Waals surface area (Å²) in [4.78, 5) is 13.7. The van der Waals surface area contributed by atoms with Crippen LogP contribution in [-0.2, 0) is 26.9 Å². The van der Waals surface area contributed by atoms with Crippen LogP contribution < -0.4 is 0 Å². The molecule has 0 aliphatic rings. The average molecular weight is 366 g/mol. The van der Waals surface area contributed by atoms with E-state index in [-0.39, 0.29) is 5.75 Å². The zero-order valence-corrected chi connectivity index (χ0v) is 15.3. The molecule has 1 amide bonds. The molecule has 0 radical (unpaired) electrons. The molecule has 0 N–H and O–H groups in total. The van der Waals surface area contributed by atoms with Gasteiger partial charge in [-0.15, -0.1) is 0 Å². The highest BCUT2D eigenvalue weighted by atomic mass is 35.5. The Morgan fingerprint density at radius 1 is 1.04 bits per heavy atom. The number of halogens is 1. The van der Waals surface area contributed by atoms with E-state index in [0.29, 0.717) is 17.1 Å². The van der Waals surface area contributed by atoms with Gasteiger partial charge in [-0.05, 0) is 29.7 Å². The highest BCUT2D eigenvalue weighted by Gasteiger charge is 2.21. The number of hydrogen-bond acceptors (Lipinski definition) is 3. The van der Waals surface area contributed by atoms with Gasteiger partial charge in [0, 0.05) is 18.6 Å². The van der Waals surface area contributed by atoms with Crippen LogP contribution in [0.4, 0.5) is 0 Å². The second-order valence-corrected chi connectivity index (χ2v) is 8.27. The van der Waals surface area contributed by atoms with Gasteiger partial charge in [-0.3, -0.25) is 4.79 Å². The minimum atomic E-state index is -3.58. The lowest BCUT2D eigenvalue weighted by molar-refractivity contribution is -0.127. The monoisotopic (exact) mass is 365 g/mol. The zero-order valence-electron chi connectivity index (χ0n) is 13.7. The Morgan fingerprint density at radius 2 is 1.62 bits per heavy atom. The third kappa shape index (κ3) is 5.08. The van der Waals surface area contributed by atoms with Crippen LogP contribution in [0.3, 0.4) is 0 Å². The van der Waals surface area contributed by atoms with E-state index in [1.165, 1.54) is 4.90 Å². The summed E-state index contributed by atoms with van der Waals surface area (Å²) < 4.78 is 24.6. The number of sulfone groups is 1. The summed E-state index contributed by atoms with van der Waals surface area (Å²) in [5, 5.41) is 0.391. The number of hydrogen-bond donors (Lipinski definition) is 0. The number of nitrogens with zero attached hydrogens (tertiary/aromatic N) is 1. The molecule has 4 nitrogen and oxygen atoms in total. The van der Waals surface area contributed by atoms with E-state index < -0.39 is 21.5 Å². The molecule has 0 atom stereocenters. The summed E-state index contributed by atoms with van der Waals surface area (Å²) in [6, 6.07) is 14.5. The van der Waals surface area contributed by atoms with Crippen LogP contribution in [0.2, 0.25) is 5.02 Å². The van der Waals surface area contributed by atoms with Crippen molar-refractivity contribution in [3.63, 3.8) is 0 Å². The van der Waals surface area contributed by atoms with Gasteiger partial charge >= 0.3 is 0 Å². The maximum Gasteiger partial charge on any atom is 0.237 e. The molecule has 0 saturated carbocycles. The Kier molecular flexibility index (Phi) is 6.02. The third-order valence-corrected chi connectivity index (χ3v) is 5.58. The van der Waals surface area contributed by atoms with Crippen molar-refractivity contribution >= 4 is 27.3 Å². The fourth-order valence-electron chi connectivity index (χ4n) is 2.33. The SMILES string of the molecule is Cc1ccccc1CN(C)C(=O)CS(=O)(=O)Cc1ccccc1Cl. The topological polar surface area (TPSA) is 54.5 Å². The Morgan fingerprint density at radius 3 is 2.25 bits per heavy atom. The van der Waals surface area contributed by atoms with Crippen LogP contribution in [-0.4, -0.2) is 32.0 Å². The Hall–Kier alpha value is -1.85. The van der Waals surface area contributed by atoms with E-state index in [0.717, 1.165) is 11.1 Å². The fraction of sp³-hybridized carbons (Fsp3) is 0.278.